The molecule has 174 valence electrons. The molecule has 1 saturated heterocycles. The van der Waals surface area contributed by atoms with E-state index in [0.717, 1.165) is 75.2 Å². The molecule has 0 radical (unpaired) electrons. The van der Waals surface area contributed by atoms with Crippen LogP contribution in [0.25, 0.3) is 11.3 Å². The minimum atomic E-state index is 0.321. The normalized spacial score (nSPS) is 23.4. The van der Waals surface area contributed by atoms with Crippen LogP contribution in [0.4, 0.5) is 5.95 Å². The van der Waals surface area contributed by atoms with Crippen molar-refractivity contribution in [1.29, 1.82) is 0 Å². The number of benzene rings is 1. The number of hydrogen-bond donors (Lipinski definition) is 1. The Morgan fingerprint density at radius 1 is 1.09 bits per heavy atom. The van der Waals surface area contributed by atoms with Gasteiger partial charge in [0.15, 0.2) is 0 Å². The Labute approximate surface area is 206 Å². The van der Waals surface area contributed by atoms with Gasteiger partial charge in [-0.15, -0.1) is 0 Å². The van der Waals surface area contributed by atoms with Gasteiger partial charge in [0.2, 0.25) is 5.95 Å². The van der Waals surface area contributed by atoms with Gasteiger partial charge in [0, 0.05) is 49.5 Å². The molecule has 1 aliphatic heterocycles. The van der Waals surface area contributed by atoms with E-state index in [4.69, 9.17) is 28.2 Å². The fraction of sp³-hybridized carbons (Fsp3) is 0.462. The summed E-state index contributed by atoms with van der Waals surface area (Å²) in [4.78, 5) is 14.5. The van der Waals surface area contributed by atoms with E-state index in [0.29, 0.717) is 16.9 Å². The Balaban J connectivity index is 1.26. The van der Waals surface area contributed by atoms with Gasteiger partial charge in [-0.3, -0.25) is 0 Å². The van der Waals surface area contributed by atoms with Gasteiger partial charge in [-0.05, 0) is 61.9 Å². The minimum Gasteiger partial charge on any atom is -0.354 e. The van der Waals surface area contributed by atoms with Crippen LogP contribution in [-0.4, -0.2) is 66.1 Å². The van der Waals surface area contributed by atoms with Gasteiger partial charge in [-0.25, -0.2) is 9.97 Å². The number of rotatable bonds is 6. The second kappa shape index (κ2) is 10.1. The van der Waals surface area contributed by atoms with Crippen molar-refractivity contribution in [3.8, 4) is 11.3 Å². The molecule has 1 fully saturated rings. The summed E-state index contributed by atoms with van der Waals surface area (Å²) in [6.07, 6.45) is 8.93. The summed E-state index contributed by atoms with van der Waals surface area (Å²) in [5.74, 6) is 1.38. The summed E-state index contributed by atoms with van der Waals surface area (Å²) >= 11 is 12.6. The quantitative estimate of drug-likeness (QED) is 0.579. The highest BCUT2D eigenvalue weighted by atomic mass is 35.5. The number of anilines is 1. The molecule has 3 aliphatic rings. The summed E-state index contributed by atoms with van der Waals surface area (Å²) < 4.78 is 0. The molecule has 2 heterocycles. The molecule has 7 heteroatoms. The molecule has 2 aliphatic carbocycles. The number of hydrogen-bond acceptors (Lipinski definition) is 5. The molecule has 0 amide bonds. The molecule has 2 aromatic rings. The van der Waals surface area contributed by atoms with E-state index in [1.165, 1.54) is 16.7 Å². The van der Waals surface area contributed by atoms with Crippen LogP contribution in [0.15, 0.2) is 52.7 Å². The Morgan fingerprint density at radius 2 is 1.91 bits per heavy atom. The first-order valence-corrected chi connectivity index (χ1v) is 12.7. The molecular weight excluding hydrogens is 453 g/mol. The zero-order chi connectivity index (χ0) is 22.8. The first-order chi connectivity index (χ1) is 16.1. The molecule has 1 aromatic heterocycles. The second-order valence-electron chi connectivity index (χ2n) is 9.37. The van der Waals surface area contributed by atoms with Crippen LogP contribution in [-0.2, 0) is 6.42 Å². The molecule has 0 bridgehead atoms. The lowest BCUT2D eigenvalue weighted by molar-refractivity contribution is 0.154. The van der Waals surface area contributed by atoms with Crippen LogP contribution < -0.4 is 5.32 Å². The number of nitrogens with zero attached hydrogens (tertiary/aromatic N) is 4. The molecule has 1 aromatic carbocycles. The molecule has 33 heavy (non-hydrogen) atoms. The smallest absolute Gasteiger partial charge is 0.223 e. The fourth-order valence-electron chi connectivity index (χ4n) is 5.16. The molecule has 5 nitrogen and oxygen atoms in total. The zero-order valence-electron chi connectivity index (χ0n) is 19.1. The third kappa shape index (κ3) is 5.12. The number of halogens is 2. The van der Waals surface area contributed by atoms with Crippen molar-refractivity contribution < 1.29 is 0 Å². The van der Waals surface area contributed by atoms with E-state index in [2.05, 4.69) is 57.5 Å². The minimum absolute atomic E-state index is 0.321. The Hall–Kier alpha value is -1.92. The Bertz CT molecular complexity index is 1060. The largest absolute Gasteiger partial charge is 0.354 e. The maximum Gasteiger partial charge on any atom is 0.223 e. The lowest BCUT2D eigenvalue weighted by Gasteiger charge is -2.33. The van der Waals surface area contributed by atoms with Crippen molar-refractivity contribution in [3.05, 3.63) is 63.8 Å². The Kier molecular flexibility index (Phi) is 7.02. The van der Waals surface area contributed by atoms with Crippen molar-refractivity contribution in [2.45, 2.75) is 25.2 Å². The van der Waals surface area contributed by atoms with Crippen LogP contribution >= 0.6 is 23.2 Å². The maximum atomic E-state index is 6.40. The van der Waals surface area contributed by atoms with Gasteiger partial charge in [-0.2, -0.15) is 0 Å². The fourth-order valence-corrected chi connectivity index (χ4v) is 5.55. The highest BCUT2D eigenvalue weighted by Gasteiger charge is 2.32. The van der Waals surface area contributed by atoms with E-state index < -0.39 is 0 Å². The number of aromatic nitrogens is 2. The van der Waals surface area contributed by atoms with E-state index >= 15 is 0 Å². The van der Waals surface area contributed by atoms with Crippen LogP contribution in [0.2, 0.25) is 0 Å². The van der Waals surface area contributed by atoms with Crippen molar-refractivity contribution in [1.82, 2.24) is 19.8 Å². The van der Waals surface area contributed by atoms with Crippen molar-refractivity contribution in [2.75, 3.05) is 51.6 Å². The van der Waals surface area contributed by atoms with E-state index in [-0.39, 0.29) is 0 Å². The molecular formula is C26H31Cl2N5. The number of nitrogens with one attached hydrogen (secondary N) is 1. The van der Waals surface area contributed by atoms with Gasteiger partial charge < -0.3 is 15.1 Å². The van der Waals surface area contributed by atoms with Crippen molar-refractivity contribution in [2.24, 2.45) is 5.92 Å². The monoisotopic (exact) mass is 483 g/mol. The standard InChI is InChI=1S/C26H31Cl2N5/c1-32-11-13-33(14-12-32)10-4-9-29-26-30-17-19-15-22(18-7-8-23(27)24(28)16-18)20-5-2-3-6-21(20)25(19)31-26/h2-3,5-8,17-18,22H,4,9-16H2,1H3,(H,29,30,31). The van der Waals surface area contributed by atoms with E-state index in [9.17, 15) is 0 Å². The zero-order valence-corrected chi connectivity index (χ0v) is 20.6. The Morgan fingerprint density at radius 3 is 2.73 bits per heavy atom. The summed E-state index contributed by atoms with van der Waals surface area (Å²) in [7, 11) is 2.19. The number of piperazine rings is 1. The third-order valence-electron chi connectivity index (χ3n) is 7.13. The topological polar surface area (TPSA) is 44.3 Å². The van der Waals surface area contributed by atoms with Crippen molar-refractivity contribution >= 4 is 29.2 Å². The van der Waals surface area contributed by atoms with Gasteiger partial charge >= 0.3 is 0 Å². The lowest BCUT2D eigenvalue weighted by Crippen LogP contribution is -2.44. The van der Waals surface area contributed by atoms with Crippen molar-refractivity contribution in [3.63, 3.8) is 0 Å². The third-order valence-corrected chi connectivity index (χ3v) is 7.94. The SMILES string of the molecule is CN1CCN(CCCNc2ncc3c(n2)-c2ccccc2C(C2C=CC(Cl)=C(Cl)C2)C3)CC1. The highest BCUT2D eigenvalue weighted by molar-refractivity contribution is 6.40. The molecule has 5 rings (SSSR count). The van der Waals surface area contributed by atoms with Crippen LogP contribution in [0.1, 0.15) is 29.9 Å². The van der Waals surface area contributed by atoms with E-state index in [1.54, 1.807) is 0 Å². The van der Waals surface area contributed by atoms with Gasteiger partial charge in [0.1, 0.15) is 0 Å². The maximum absolute atomic E-state index is 6.40. The lowest BCUT2D eigenvalue weighted by atomic mass is 9.73. The summed E-state index contributed by atoms with van der Waals surface area (Å²) in [5.41, 5.74) is 4.79. The average Bonchev–Trinajstić information content (AvgIpc) is 2.84. The van der Waals surface area contributed by atoms with Crippen LogP contribution in [0.3, 0.4) is 0 Å². The van der Waals surface area contributed by atoms with Crippen LogP contribution in [0, 0.1) is 5.92 Å². The van der Waals surface area contributed by atoms with Crippen LogP contribution in [0.5, 0.6) is 0 Å². The predicted molar refractivity (Wildman–Crippen MR) is 137 cm³/mol. The molecule has 2 atom stereocenters. The number of fused-ring (bicyclic) bond motifs is 3. The molecule has 0 spiro atoms. The molecule has 0 saturated carbocycles. The molecule has 1 N–H and O–H groups in total. The number of allylic oxidation sites excluding steroid dienone is 4. The summed E-state index contributed by atoms with van der Waals surface area (Å²) in [6.45, 7) is 6.64. The summed E-state index contributed by atoms with van der Waals surface area (Å²) in [6, 6.07) is 8.63. The van der Waals surface area contributed by atoms with Gasteiger partial charge in [0.25, 0.3) is 0 Å². The second-order valence-corrected chi connectivity index (χ2v) is 10.2. The average molecular weight is 484 g/mol. The summed E-state index contributed by atoms with van der Waals surface area (Å²) in [5, 5.41) is 4.86. The first kappa shape index (κ1) is 22.9. The first-order valence-electron chi connectivity index (χ1n) is 11.9. The van der Waals surface area contributed by atoms with Gasteiger partial charge in [-0.1, -0.05) is 53.5 Å². The molecule has 2 unspecified atom stereocenters. The highest BCUT2D eigenvalue weighted by Crippen LogP contribution is 2.46. The van der Waals surface area contributed by atoms with Gasteiger partial charge in [0.05, 0.1) is 10.7 Å². The predicted octanol–water partition coefficient (Wildman–Crippen LogP) is 5.10. The number of likely N-dealkylation sites (N-methyl/N-ethyl adjacent to an activating group) is 1. The van der Waals surface area contributed by atoms with E-state index in [1.807, 2.05) is 12.3 Å².